The summed E-state index contributed by atoms with van der Waals surface area (Å²) in [6, 6.07) is 1.81. The molecule has 1 aromatic rings. The number of amides is 1. The summed E-state index contributed by atoms with van der Waals surface area (Å²) in [5, 5.41) is 6.43. The molecule has 1 aliphatic heterocycles. The molecule has 26 heavy (non-hydrogen) atoms. The van der Waals surface area contributed by atoms with Crippen molar-refractivity contribution in [2.45, 2.75) is 26.2 Å². The minimum atomic E-state index is 0. The van der Waals surface area contributed by atoms with Crippen molar-refractivity contribution in [1.29, 1.82) is 0 Å². The van der Waals surface area contributed by atoms with Crippen molar-refractivity contribution in [3.63, 3.8) is 0 Å². The normalized spacial score (nSPS) is 14.6. The first kappa shape index (κ1) is 22.4. The molecule has 0 unspecified atom stereocenters. The van der Waals surface area contributed by atoms with Crippen molar-refractivity contribution in [3.8, 4) is 0 Å². The zero-order chi connectivity index (χ0) is 17.9. The number of rotatable bonds is 7. The van der Waals surface area contributed by atoms with E-state index in [-0.39, 0.29) is 29.9 Å². The van der Waals surface area contributed by atoms with Gasteiger partial charge in [-0.1, -0.05) is 13.3 Å². The largest absolute Gasteiger partial charge is 0.356 e. The van der Waals surface area contributed by atoms with Gasteiger partial charge in [-0.25, -0.2) is 9.97 Å². The van der Waals surface area contributed by atoms with Crippen LogP contribution in [0.25, 0.3) is 0 Å². The van der Waals surface area contributed by atoms with E-state index in [1.807, 2.05) is 4.90 Å². The maximum Gasteiger partial charge on any atom is 0.225 e. The van der Waals surface area contributed by atoms with Crippen LogP contribution < -0.4 is 15.5 Å². The van der Waals surface area contributed by atoms with Crippen molar-refractivity contribution >= 4 is 41.8 Å². The van der Waals surface area contributed by atoms with Crippen LogP contribution in [0, 0.1) is 0 Å². The van der Waals surface area contributed by atoms with E-state index in [0.29, 0.717) is 26.1 Å². The number of aliphatic imine (C=N–C) groups is 1. The second kappa shape index (κ2) is 12.7. The molecule has 0 spiro atoms. The fourth-order valence-corrected chi connectivity index (χ4v) is 2.66. The first-order chi connectivity index (χ1) is 12.2. The molecule has 1 aromatic heterocycles. The van der Waals surface area contributed by atoms with E-state index in [4.69, 9.17) is 0 Å². The Morgan fingerprint density at radius 1 is 1.15 bits per heavy atom. The lowest BCUT2D eigenvalue weighted by Gasteiger charge is -2.34. The number of nitrogens with zero attached hydrogens (tertiary/aromatic N) is 5. The van der Waals surface area contributed by atoms with E-state index in [1.54, 1.807) is 25.5 Å². The van der Waals surface area contributed by atoms with E-state index in [0.717, 1.165) is 44.4 Å². The number of hydrogen-bond acceptors (Lipinski definition) is 5. The van der Waals surface area contributed by atoms with Crippen molar-refractivity contribution in [2.24, 2.45) is 4.99 Å². The van der Waals surface area contributed by atoms with Gasteiger partial charge in [0.15, 0.2) is 5.96 Å². The second-order valence-corrected chi connectivity index (χ2v) is 5.95. The van der Waals surface area contributed by atoms with Gasteiger partial charge in [-0.3, -0.25) is 9.79 Å². The monoisotopic (exact) mass is 475 g/mol. The van der Waals surface area contributed by atoms with Crippen LogP contribution in [0.5, 0.6) is 0 Å². The maximum atomic E-state index is 12.3. The topological polar surface area (TPSA) is 85.8 Å². The highest BCUT2D eigenvalue weighted by atomic mass is 127. The second-order valence-electron chi connectivity index (χ2n) is 5.95. The molecule has 1 amide bonds. The molecule has 8 nitrogen and oxygen atoms in total. The van der Waals surface area contributed by atoms with Gasteiger partial charge in [-0.2, -0.15) is 0 Å². The predicted molar refractivity (Wildman–Crippen MR) is 115 cm³/mol. The number of guanidine groups is 1. The molecule has 2 heterocycles. The Balaban J connectivity index is 0.00000338. The van der Waals surface area contributed by atoms with Gasteiger partial charge in [0.25, 0.3) is 0 Å². The average Bonchev–Trinajstić information content (AvgIpc) is 2.67. The van der Waals surface area contributed by atoms with Crippen LogP contribution in [0.4, 0.5) is 5.95 Å². The molecular weight excluding hydrogens is 445 g/mol. The number of piperazine rings is 1. The van der Waals surface area contributed by atoms with Crippen LogP contribution in [0.1, 0.15) is 26.2 Å². The number of hydrogen-bond donors (Lipinski definition) is 2. The Kier molecular flexibility index (Phi) is 10.9. The van der Waals surface area contributed by atoms with E-state index < -0.39 is 0 Å². The molecule has 0 saturated carbocycles. The molecule has 0 radical (unpaired) electrons. The van der Waals surface area contributed by atoms with E-state index in [2.05, 4.69) is 37.4 Å². The van der Waals surface area contributed by atoms with Gasteiger partial charge in [0.2, 0.25) is 11.9 Å². The van der Waals surface area contributed by atoms with Gasteiger partial charge in [0.05, 0.1) is 0 Å². The summed E-state index contributed by atoms with van der Waals surface area (Å²) in [5.74, 6) is 1.66. The Bertz CT molecular complexity index is 547. The number of nitrogens with one attached hydrogen (secondary N) is 2. The molecule has 9 heteroatoms. The highest BCUT2D eigenvalue weighted by Crippen LogP contribution is 2.10. The summed E-state index contributed by atoms with van der Waals surface area (Å²) in [7, 11) is 1.74. The standard InChI is InChI=1S/C17H29N7O.HI/c1-3-4-7-19-16(18-2)20-10-6-15(25)23-11-13-24(14-12-23)17-21-8-5-9-22-17;/h5,8-9H,3-4,6-7,10-14H2,1-2H3,(H2,18,19,20);1H. The molecule has 0 bridgehead atoms. The Morgan fingerprint density at radius 2 is 1.81 bits per heavy atom. The molecule has 0 aromatic carbocycles. The Hall–Kier alpha value is -1.65. The van der Waals surface area contributed by atoms with Gasteiger partial charge in [-0.15, -0.1) is 24.0 Å². The SMILES string of the molecule is CCCCNC(=NC)NCCC(=O)N1CCN(c2ncccn2)CC1.I. The zero-order valence-electron chi connectivity index (χ0n) is 15.6. The van der Waals surface area contributed by atoms with Gasteiger partial charge < -0.3 is 20.4 Å². The summed E-state index contributed by atoms with van der Waals surface area (Å²) in [6.07, 6.45) is 6.20. The molecule has 0 atom stereocenters. The average molecular weight is 475 g/mol. The lowest BCUT2D eigenvalue weighted by atomic mass is 10.3. The summed E-state index contributed by atoms with van der Waals surface area (Å²) in [6.45, 7) is 6.59. The lowest BCUT2D eigenvalue weighted by molar-refractivity contribution is -0.131. The van der Waals surface area contributed by atoms with Gasteiger partial charge in [-0.05, 0) is 12.5 Å². The molecule has 146 valence electrons. The smallest absolute Gasteiger partial charge is 0.225 e. The summed E-state index contributed by atoms with van der Waals surface area (Å²) in [5.41, 5.74) is 0. The first-order valence-corrected chi connectivity index (χ1v) is 8.99. The summed E-state index contributed by atoms with van der Waals surface area (Å²) >= 11 is 0. The Labute approximate surface area is 172 Å². The lowest BCUT2D eigenvalue weighted by Crippen LogP contribution is -2.50. The van der Waals surface area contributed by atoms with Crippen LogP contribution in [-0.4, -0.2) is 73.1 Å². The van der Waals surface area contributed by atoms with Gasteiger partial charge in [0.1, 0.15) is 0 Å². The number of anilines is 1. The first-order valence-electron chi connectivity index (χ1n) is 8.99. The van der Waals surface area contributed by atoms with Gasteiger partial charge in [0, 0.05) is 65.1 Å². The molecule has 2 rings (SSSR count). The summed E-state index contributed by atoms with van der Waals surface area (Å²) in [4.78, 5) is 29.1. The fourth-order valence-electron chi connectivity index (χ4n) is 2.66. The molecule has 1 aliphatic rings. The van der Waals surface area contributed by atoms with E-state index >= 15 is 0 Å². The van der Waals surface area contributed by atoms with Crippen LogP contribution >= 0.6 is 24.0 Å². The summed E-state index contributed by atoms with van der Waals surface area (Å²) < 4.78 is 0. The number of unbranched alkanes of at least 4 members (excludes halogenated alkanes) is 1. The number of aromatic nitrogens is 2. The van der Waals surface area contributed by atoms with E-state index in [1.165, 1.54) is 0 Å². The minimum absolute atomic E-state index is 0. The molecule has 2 N–H and O–H groups in total. The third-order valence-corrected chi connectivity index (χ3v) is 4.15. The third kappa shape index (κ3) is 7.30. The van der Waals surface area contributed by atoms with Crippen LogP contribution in [-0.2, 0) is 4.79 Å². The predicted octanol–water partition coefficient (Wildman–Crippen LogP) is 1.10. The van der Waals surface area contributed by atoms with E-state index in [9.17, 15) is 4.79 Å². The maximum absolute atomic E-state index is 12.3. The zero-order valence-corrected chi connectivity index (χ0v) is 18.0. The molecule has 1 fully saturated rings. The van der Waals surface area contributed by atoms with Crippen LogP contribution in [0.15, 0.2) is 23.5 Å². The van der Waals surface area contributed by atoms with Crippen LogP contribution in [0.2, 0.25) is 0 Å². The highest BCUT2D eigenvalue weighted by molar-refractivity contribution is 14.0. The quantitative estimate of drug-likeness (QED) is 0.266. The molecule has 1 saturated heterocycles. The minimum Gasteiger partial charge on any atom is -0.356 e. The molecule has 0 aliphatic carbocycles. The van der Waals surface area contributed by atoms with Gasteiger partial charge >= 0.3 is 0 Å². The molecular formula is C17H30IN7O. The van der Waals surface area contributed by atoms with Crippen molar-refractivity contribution in [1.82, 2.24) is 25.5 Å². The number of carbonyl (C=O) groups excluding carboxylic acids is 1. The van der Waals surface area contributed by atoms with Crippen molar-refractivity contribution < 1.29 is 4.79 Å². The van der Waals surface area contributed by atoms with Crippen molar-refractivity contribution in [2.75, 3.05) is 51.2 Å². The highest BCUT2D eigenvalue weighted by Gasteiger charge is 2.22. The van der Waals surface area contributed by atoms with Crippen LogP contribution in [0.3, 0.4) is 0 Å². The Morgan fingerprint density at radius 3 is 2.42 bits per heavy atom. The fraction of sp³-hybridized carbons (Fsp3) is 0.647. The van der Waals surface area contributed by atoms with Crippen molar-refractivity contribution in [3.05, 3.63) is 18.5 Å². The number of halogens is 1. The number of carbonyl (C=O) groups is 1. The third-order valence-electron chi connectivity index (χ3n) is 4.15.